The van der Waals surface area contributed by atoms with Gasteiger partial charge in [-0.1, -0.05) is 30.3 Å². The number of methoxy groups -OCH3 is 1. The zero-order valence-electron chi connectivity index (χ0n) is 9.51. The Bertz CT molecular complexity index is 535. The van der Waals surface area contributed by atoms with Gasteiger partial charge in [-0.3, -0.25) is 4.79 Å². The maximum absolute atomic E-state index is 12.1. The fourth-order valence-electron chi connectivity index (χ4n) is 1.63. The molecule has 2 aromatic rings. The summed E-state index contributed by atoms with van der Waals surface area (Å²) in [7, 11) is 1.55. The molecule has 0 amide bonds. The number of anilines is 1. The van der Waals surface area contributed by atoms with Gasteiger partial charge >= 0.3 is 0 Å². The van der Waals surface area contributed by atoms with Crippen molar-refractivity contribution >= 4 is 11.5 Å². The Labute approximate surface area is 99.8 Å². The quantitative estimate of drug-likeness (QED) is 0.647. The Kier molecular flexibility index (Phi) is 3.10. The summed E-state index contributed by atoms with van der Waals surface area (Å²) in [6, 6.07) is 14.1. The van der Waals surface area contributed by atoms with Gasteiger partial charge in [0.1, 0.15) is 5.75 Å². The molecule has 0 saturated heterocycles. The van der Waals surface area contributed by atoms with Gasteiger partial charge in [-0.25, -0.2) is 0 Å². The normalized spacial score (nSPS) is 9.94. The van der Waals surface area contributed by atoms with Crippen molar-refractivity contribution in [1.82, 2.24) is 0 Å². The zero-order chi connectivity index (χ0) is 12.3. The maximum Gasteiger partial charge on any atom is 0.193 e. The second-order valence-corrected chi connectivity index (χ2v) is 3.65. The van der Waals surface area contributed by atoms with Crippen LogP contribution in [0.5, 0.6) is 5.75 Å². The number of nitrogen functional groups attached to an aromatic ring is 1. The van der Waals surface area contributed by atoms with E-state index in [1.165, 1.54) is 0 Å². The van der Waals surface area contributed by atoms with Crippen molar-refractivity contribution in [3.63, 3.8) is 0 Å². The molecule has 0 heterocycles. The number of benzene rings is 2. The van der Waals surface area contributed by atoms with Crippen molar-refractivity contribution in [3.05, 3.63) is 59.7 Å². The molecule has 2 rings (SSSR count). The summed E-state index contributed by atoms with van der Waals surface area (Å²) in [6.07, 6.45) is 0. The van der Waals surface area contributed by atoms with Crippen LogP contribution >= 0.6 is 0 Å². The molecule has 0 atom stereocenters. The van der Waals surface area contributed by atoms with E-state index in [1.54, 1.807) is 37.4 Å². The highest BCUT2D eigenvalue weighted by Gasteiger charge is 2.10. The number of nitrogens with two attached hydrogens (primary N) is 1. The molecule has 0 radical (unpaired) electrons. The lowest BCUT2D eigenvalue weighted by molar-refractivity contribution is 0.103. The van der Waals surface area contributed by atoms with E-state index in [2.05, 4.69) is 0 Å². The van der Waals surface area contributed by atoms with E-state index < -0.39 is 0 Å². The van der Waals surface area contributed by atoms with Gasteiger partial charge in [0, 0.05) is 11.1 Å². The van der Waals surface area contributed by atoms with Crippen LogP contribution in [-0.2, 0) is 0 Å². The Balaban J connectivity index is 2.35. The van der Waals surface area contributed by atoms with Gasteiger partial charge in [-0.15, -0.1) is 0 Å². The van der Waals surface area contributed by atoms with Gasteiger partial charge in [0.05, 0.1) is 12.8 Å². The first-order valence-electron chi connectivity index (χ1n) is 5.25. The molecular weight excluding hydrogens is 214 g/mol. The van der Waals surface area contributed by atoms with E-state index in [4.69, 9.17) is 10.5 Å². The first-order chi connectivity index (χ1) is 8.22. The van der Waals surface area contributed by atoms with Gasteiger partial charge in [0.25, 0.3) is 0 Å². The SMILES string of the molecule is COc1ccc(C(=O)c2ccccc2)cc1N. The average Bonchev–Trinajstić information content (AvgIpc) is 2.39. The summed E-state index contributed by atoms with van der Waals surface area (Å²) in [5.41, 5.74) is 7.45. The van der Waals surface area contributed by atoms with Crippen molar-refractivity contribution < 1.29 is 9.53 Å². The van der Waals surface area contributed by atoms with Gasteiger partial charge in [0.2, 0.25) is 0 Å². The van der Waals surface area contributed by atoms with Crippen molar-refractivity contribution in [3.8, 4) is 5.75 Å². The van der Waals surface area contributed by atoms with Crippen molar-refractivity contribution in [1.29, 1.82) is 0 Å². The zero-order valence-corrected chi connectivity index (χ0v) is 9.51. The van der Waals surface area contributed by atoms with Crippen LogP contribution < -0.4 is 10.5 Å². The highest BCUT2D eigenvalue weighted by Crippen LogP contribution is 2.23. The summed E-state index contributed by atoms with van der Waals surface area (Å²) in [4.78, 5) is 12.1. The number of hydrogen-bond donors (Lipinski definition) is 1. The van der Waals surface area contributed by atoms with Crippen molar-refractivity contribution in [2.24, 2.45) is 0 Å². The molecule has 3 nitrogen and oxygen atoms in total. The lowest BCUT2D eigenvalue weighted by atomic mass is 10.0. The van der Waals surface area contributed by atoms with E-state index in [0.717, 1.165) is 0 Å². The van der Waals surface area contributed by atoms with Gasteiger partial charge in [0.15, 0.2) is 5.78 Å². The summed E-state index contributed by atoms with van der Waals surface area (Å²) in [5, 5.41) is 0. The second-order valence-electron chi connectivity index (χ2n) is 3.65. The number of hydrogen-bond acceptors (Lipinski definition) is 3. The number of rotatable bonds is 3. The van der Waals surface area contributed by atoms with E-state index in [1.807, 2.05) is 18.2 Å². The minimum absolute atomic E-state index is 0.0417. The van der Waals surface area contributed by atoms with Gasteiger partial charge in [-0.05, 0) is 18.2 Å². The Morgan fingerprint density at radius 2 is 1.76 bits per heavy atom. The smallest absolute Gasteiger partial charge is 0.193 e. The van der Waals surface area contributed by atoms with E-state index in [9.17, 15) is 4.79 Å². The standard InChI is InChI=1S/C14H13NO2/c1-17-13-8-7-11(9-12(13)15)14(16)10-5-3-2-4-6-10/h2-9H,15H2,1H3. The molecule has 0 spiro atoms. The molecule has 2 aromatic carbocycles. The van der Waals surface area contributed by atoms with Crippen LogP contribution in [0.25, 0.3) is 0 Å². The van der Waals surface area contributed by atoms with Crippen LogP contribution in [0.2, 0.25) is 0 Å². The van der Waals surface area contributed by atoms with Gasteiger partial charge in [-0.2, -0.15) is 0 Å². The molecule has 17 heavy (non-hydrogen) atoms. The topological polar surface area (TPSA) is 52.3 Å². The van der Waals surface area contributed by atoms with Crippen molar-refractivity contribution in [2.75, 3.05) is 12.8 Å². The lowest BCUT2D eigenvalue weighted by Gasteiger charge is -2.06. The predicted octanol–water partition coefficient (Wildman–Crippen LogP) is 2.51. The molecule has 0 aliphatic rings. The third-order valence-electron chi connectivity index (χ3n) is 2.53. The van der Waals surface area contributed by atoms with Crippen LogP contribution in [0.4, 0.5) is 5.69 Å². The maximum atomic E-state index is 12.1. The summed E-state index contributed by atoms with van der Waals surface area (Å²) in [6.45, 7) is 0. The molecule has 3 heteroatoms. The Hall–Kier alpha value is -2.29. The van der Waals surface area contributed by atoms with Gasteiger partial charge < -0.3 is 10.5 Å². The summed E-state index contributed by atoms with van der Waals surface area (Å²) >= 11 is 0. The number of ether oxygens (including phenoxy) is 1. The largest absolute Gasteiger partial charge is 0.495 e. The molecule has 0 saturated carbocycles. The first kappa shape index (κ1) is 11.2. The van der Waals surface area contributed by atoms with Crippen LogP contribution in [-0.4, -0.2) is 12.9 Å². The van der Waals surface area contributed by atoms with Crippen LogP contribution in [0.3, 0.4) is 0 Å². The lowest BCUT2D eigenvalue weighted by Crippen LogP contribution is -2.02. The Morgan fingerprint density at radius 1 is 1.06 bits per heavy atom. The molecule has 2 N–H and O–H groups in total. The van der Waals surface area contributed by atoms with Crippen LogP contribution in [0.1, 0.15) is 15.9 Å². The minimum Gasteiger partial charge on any atom is -0.495 e. The molecular formula is C14H13NO2. The Morgan fingerprint density at radius 3 is 2.35 bits per heavy atom. The number of ketones is 1. The number of carbonyl (C=O) groups excluding carboxylic acids is 1. The summed E-state index contributed by atoms with van der Waals surface area (Å²) in [5.74, 6) is 0.537. The fraction of sp³-hybridized carbons (Fsp3) is 0.0714. The van der Waals surface area contributed by atoms with E-state index >= 15 is 0 Å². The fourth-order valence-corrected chi connectivity index (χ4v) is 1.63. The van der Waals surface area contributed by atoms with Crippen LogP contribution in [0, 0.1) is 0 Å². The number of carbonyl (C=O) groups is 1. The molecule has 0 bridgehead atoms. The minimum atomic E-state index is -0.0417. The molecule has 0 aliphatic carbocycles. The third-order valence-corrected chi connectivity index (χ3v) is 2.53. The van der Waals surface area contributed by atoms with E-state index in [0.29, 0.717) is 22.6 Å². The van der Waals surface area contributed by atoms with E-state index in [-0.39, 0.29) is 5.78 Å². The summed E-state index contributed by atoms with van der Waals surface area (Å²) < 4.78 is 5.05. The third kappa shape index (κ3) is 2.28. The molecule has 0 aliphatic heterocycles. The molecule has 0 unspecified atom stereocenters. The first-order valence-corrected chi connectivity index (χ1v) is 5.25. The highest BCUT2D eigenvalue weighted by atomic mass is 16.5. The molecule has 0 fully saturated rings. The molecule has 86 valence electrons. The van der Waals surface area contributed by atoms with Crippen molar-refractivity contribution in [2.45, 2.75) is 0 Å². The average molecular weight is 227 g/mol. The second kappa shape index (κ2) is 4.70. The highest BCUT2D eigenvalue weighted by molar-refractivity contribution is 6.09. The molecule has 0 aromatic heterocycles. The van der Waals surface area contributed by atoms with Crippen LogP contribution in [0.15, 0.2) is 48.5 Å². The monoisotopic (exact) mass is 227 g/mol. The predicted molar refractivity (Wildman–Crippen MR) is 67.3 cm³/mol.